The highest BCUT2D eigenvalue weighted by molar-refractivity contribution is 7.13. The number of carbonyl (C=O) groups excluding carboxylic acids is 2. The zero-order chi connectivity index (χ0) is 54.5. The Hall–Kier alpha value is -6.76. The quantitative estimate of drug-likeness (QED) is 0.0785. The van der Waals surface area contributed by atoms with E-state index in [0.29, 0.717) is 66.0 Å². The van der Waals surface area contributed by atoms with Crippen LogP contribution < -0.4 is 25.2 Å². The lowest BCUT2D eigenvalue weighted by molar-refractivity contribution is -0.141. The summed E-state index contributed by atoms with van der Waals surface area (Å²) < 4.78 is 29.5. The number of aromatic nitrogens is 5. The van der Waals surface area contributed by atoms with Crippen LogP contribution in [0.25, 0.3) is 43.4 Å². The molecule has 7 aromatic rings. The van der Waals surface area contributed by atoms with Crippen molar-refractivity contribution in [3.63, 3.8) is 0 Å². The summed E-state index contributed by atoms with van der Waals surface area (Å²) in [6.45, 7) is 17.4. The lowest BCUT2D eigenvalue weighted by Gasteiger charge is -2.43. The van der Waals surface area contributed by atoms with Crippen molar-refractivity contribution < 1.29 is 28.3 Å². The number of carbonyl (C=O) groups is 2. The van der Waals surface area contributed by atoms with E-state index in [9.17, 15) is 14.7 Å². The van der Waals surface area contributed by atoms with Crippen molar-refractivity contribution in [2.24, 2.45) is 17.8 Å². The minimum Gasteiger partial charge on any atom is -0.508 e. The van der Waals surface area contributed by atoms with Crippen LogP contribution in [0, 0.1) is 30.5 Å². The fraction of sp³-hybridized carbons (Fsp3) is 0.492. The summed E-state index contributed by atoms with van der Waals surface area (Å²) in [6.07, 6.45) is 8.98. The Morgan fingerprint density at radius 2 is 1.71 bits per heavy atom. The third-order valence-electron chi connectivity index (χ3n) is 17.5. The molecule has 5 atom stereocenters. The molecule has 12 rings (SSSR count). The molecule has 5 fully saturated rings. The standard InChI is InChI=1S/C61H72FN11O5S/c1-6-40-9-7-10-43-25-46(74)26-47(53(40)43)55-54(62)56-48(28-63-55)58(72-32-44-16-17-45(33-72)66-44)68-61(67-56)77-24-20-38-18-22-70(23-19-38)29-39-30-71(31-39)51-27-50(78-69-51)52(35(2)3)60(76)73-21-8-11-49(73)59(75)65-36(4)41-12-14-42(15-13-41)57-37(5)64-34-79-57/h7,9-10,12-15,25-28,34-36,38-39,44-45,49,52,66,74H,6,8,11,16-24,29-33H2,1-5H3,(H,65,75). The van der Waals surface area contributed by atoms with E-state index in [-0.39, 0.29) is 46.7 Å². The first-order chi connectivity index (χ1) is 38.3. The van der Waals surface area contributed by atoms with Gasteiger partial charge < -0.3 is 44.6 Å². The minimum absolute atomic E-state index is 0.0508. The smallest absolute Gasteiger partial charge is 0.319 e. The number of rotatable bonds is 17. The predicted molar refractivity (Wildman–Crippen MR) is 306 cm³/mol. The van der Waals surface area contributed by atoms with Gasteiger partial charge in [0.15, 0.2) is 17.4 Å². The van der Waals surface area contributed by atoms with E-state index >= 15 is 4.39 Å². The maximum atomic E-state index is 17.1. The number of hydrogen-bond acceptors (Lipinski definition) is 15. The first-order valence-corrected chi connectivity index (χ1v) is 29.5. The number of likely N-dealkylation sites (tertiary alicyclic amines) is 2. The molecule has 5 aliphatic heterocycles. The maximum absolute atomic E-state index is 17.1. The SMILES string of the molecule is CCc1cccc2cc(O)cc(-c3ncc4c(N5CC6CCC(C5)N6)nc(OCCC5CCN(CC6CN(c7cc(C(C(=O)N8CCCC8C(=O)NC(C)c8ccc(-c9scnc9C)cc8)C(C)C)on7)C6)CC5)nc4c3F)c12. The van der Waals surface area contributed by atoms with Gasteiger partial charge in [-0.2, -0.15) is 9.97 Å². The number of ether oxygens (including phenoxy) is 1. The molecular weight excluding hydrogens is 1020 g/mol. The summed E-state index contributed by atoms with van der Waals surface area (Å²) in [6, 6.07) is 19.5. The van der Waals surface area contributed by atoms with Crippen LogP contribution in [0.4, 0.5) is 16.0 Å². The van der Waals surface area contributed by atoms with Gasteiger partial charge in [0.1, 0.15) is 34.7 Å². The minimum atomic E-state index is -0.552. The van der Waals surface area contributed by atoms with Crippen molar-refractivity contribution in [3.05, 3.63) is 101 Å². The molecule has 16 nitrogen and oxygen atoms in total. The molecular formula is C61H72FN11O5S. The molecule has 0 radical (unpaired) electrons. The monoisotopic (exact) mass is 1090 g/mol. The molecule has 414 valence electrons. The topological polar surface area (TPSA) is 178 Å². The van der Waals surface area contributed by atoms with Gasteiger partial charge in [-0.1, -0.05) is 68.4 Å². The number of amides is 2. The van der Waals surface area contributed by atoms with Crippen LogP contribution in [0.3, 0.4) is 0 Å². The number of phenolic OH excluding ortho intramolecular Hbond substituents is 1. The van der Waals surface area contributed by atoms with E-state index in [0.717, 1.165) is 135 Å². The van der Waals surface area contributed by atoms with Crippen LogP contribution in [-0.2, 0) is 16.0 Å². The summed E-state index contributed by atoms with van der Waals surface area (Å²) in [5, 5.41) is 24.4. The van der Waals surface area contributed by atoms with Crippen molar-refractivity contribution in [2.45, 2.75) is 116 Å². The van der Waals surface area contributed by atoms with Crippen LogP contribution in [0.1, 0.15) is 107 Å². The maximum Gasteiger partial charge on any atom is 0.319 e. The van der Waals surface area contributed by atoms with Gasteiger partial charge in [-0.05, 0) is 130 Å². The molecule has 5 saturated heterocycles. The summed E-state index contributed by atoms with van der Waals surface area (Å²) in [7, 11) is 0. The number of nitrogens with one attached hydrogen (secondary N) is 2. The summed E-state index contributed by atoms with van der Waals surface area (Å²) in [5.41, 5.74) is 6.87. The van der Waals surface area contributed by atoms with Gasteiger partial charge in [0.2, 0.25) is 11.8 Å². The Morgan fingerprint density at radius 3 is 2.44 bits per heavy atom. The highest BCUT2D eigenvalue weighted by Crippen LogP contribution is 2.40. The second kappa shape index (κ2) is 22.4. The predicted octanol–water partition coefficient (Wildman–Crippen LogP) is 9.84. The number of piperazine rings is 1. The van der Waals surface area contributed by atoms with E-state index in [1.165, 1.54) is 0 Å². The lowest BCUT2D eigenvalue weighted by atomic mass is 9.91. The molecule has 0 spiro atoms. The molecule has 2 amide bonds. The van der Waals surface area contributed by atoms with E-state index in [4.69, 9.17) is 24.2 Å². The molecule has 2 bridgehead atoms. The average molecular weight is 1090 g/mol. The van der Waals surface area contributed by atoms with Gasteiger partial charge in [0.05, 0.1) is 34.1 Å². The molecule has 3 N–H and O–H groups in total. The van der Waals surface area contributed by atoms with E-state index in [1.54, 1.807) is 34.6 Å². The number of benzene rings is 3. The van der Waals surface area contributed by atoms with Crippen molar-refractivity contribution in [1.82, 2.24) is 45.5 Å². The van der Waals surface area contributed by atoms with E-state index in [2.05, 4.69) is 54.5 Å². The number of piperidine rings is 1. The lowest BCUT2D eigenvalue weighted by Crippen LogP contribution is -2.52. The van der Waals surface area contributed by atoms with Crippen LogP contribution in [-0.4, -0.2) is 129 Å². The number of aryl methyl sites for hydroxylation is 2. The molecule has 5 aliphatic rings. The highest BCUT2D eigenvalue weighted by atomic mass is 32.1. The summed E-state index contributed by atoms with van der Waals surface area (Å²) in [4.78, 5) is 56.9. The molecule has 79 heavy (non-hydrogen) atoms. The summed E-state index contributed by atoms with van der Waals surface area (Å²) >= 11 is 1.62. The largest absolute Gasteiger partial charge is 0.508 e. The number of thiazole rings is 1. The van der Waals surface area contributed by atoms with Crippen LogP contribution >= 0.6 is 11.3 Å². The van der Waals surface area contributed by atoms with E-state index < -0.39 is 17.8 Å². The van der Waals surface area contributed by atoms with Crippen molar-refractivity contribution in [2.75, 3.05) is 68.8 Å². The van der Waals surface area contributed by atoms with Crippen LogP contribution in [0.15, 0.2) is 76.9 Å². The van der Waals surface area contributed by atoms with Gasteiger partial charge in [-0.3, -0.25) is 14.6 Å². The molecule has 4 aromatic heterocycles. The number of aromatic hydroxyl groups is 1. The Kier molecular flexibility index (Phi) is 15.0. The fourth-order valence-electron chi connectivity index (χ4n) is 13.2. The first-order valence-electron chi connectivity index (χ1n) is 28.7. The highest BCUT2D eigenvalue weighted by Gasteiger charge is 2.42. The number of pyridine rings is 1. The first kappa shape index (κ1) is 52.9. The number of halogens is 1. The Labute approximate surface area is 465 Å². The van der Waals surface area contributed by atoms with Crippen molar-refractivity contribution in [1.29, 1.82) is 0 Å². The molecule has 3 aromatic carbocycles. The molecule has 18 heteroatoms. The molecule has 0 saturated carbocycles. The molecule has 0 aliphatic carbocycles. The fourth-order valence-corrected chi connectivity index (χ4v) is 14.0. The van der Waals surface area contributed by atoms with Crippen molar-refractivity contribution >= 4 is 56.5 Å². The number of nitrogens with zero attached hydrogens (tertiary/aromatic N) is 9. The molecule has 9 heterocycles. The second-order valence-electron chi connectivity index (χ2n) is 23.2. The zero-order valence-corrected chi connectivity index (χ0v) is 46.8. The van der Waals surface area contributed by atoms with Gasteiger partial charge in [0.25, 0.3) is 0 Å². The Bertz CT molecular complexity index is 3340. The van der Waals surface area contributed by atoms with E-state index in [1.807, 2.05) is 69.6 Å². The van der Waals surface area contributed by atoms with Gasteiger partial charge >= 0.3 is 6.01 Å². The van der Waals surface area contributed by atoms with Gasteiger partial charge in [0, 0.05) is 75.1 Å². The normalized spacial score (nSPS) is 20.8. The van der Waals surface area contributed by atoms with Crippen LogP contribution in [0.5, 0.6) is 11.8 Å². The third kappa shape index (κ3) is 10.8. The van der Waals surface area contributed by atoms with Gasteiger partial charge in [-0.15, -0.1) is 11.3 Å². The van der Waals surface area contributed by atoms with Crippen molar-refractivity contribution in [3.8, 4) is 33.5 Å². The third-order valence-corrected chi connectivity index (χ3v) is 18.5. The summed E-state index contributed by atoms with van der Waals surface area (Å²) in [5.74, 6) is 1.59. The number of fused-ring (bicyclic) bond motifs is 4. The van der Waals surface area contributed by atoms with Gasteiger partial charge in [-0.25, -0.2) is 9.37 Å². The van der Waals surface area contributed by atoms with Crippen LogP contribution in [0.2, 0.25) is 0 Å². The average Bonchev–Trinajstić information content (AvgIpc) is 4.43. The number of anilines is 2. The Balaban J connectivity index is 0.636. The number of phenols is 1. The zero-order valence-electron chi connectivity index (χ0n) is 46.0. The number of hydrogen-bond donors (Lipinski definition) is 3. The molecule has 5 unspecified atom stereocenters. The Morgan fingerprint density at radius 1 is 0.924 bits per heavy atom. The second-order valence-corrected chi connectivity index (χ2v) is 24.0.